The van der Waals surface area contributed by atoms with E-state index in [9.17, 15) is 0 Å². The maximum atomic E-state index is 5.75. The van der Waals surface area contributed by atoms with Crippen molar-refractivity contribution in [1.29, 1.82) is 0 Å². The molecule has 2 aromatic rings. The molecule has 0 amide bonds. The Hall–Kier alpha value is -1.95. The average Bonchev–Trinajstić information content (AvgIpc) is 2.87. The van der Waals surface area contributed by atoms with Gasteiger partial charge in [0.1, 0.15) is 5.76 Å². The van der Waals surface area contributed by atoms with Crippen LogP contribution in [0.25, 0.3) is 11.5 Å². The van der Waals surface area contributed by atoms with Gasteiger partial charge in [0, 0.05) is 18.7 Å². The molecule has 0 spiro atoms. The summed E-state index contributed by atoms with van der Waals surface area (Å²) in [5, 5.41) is 3.41. The molecule has 21 heavy (non-hydrogen) atoms. The summed E-state index contributed by atoms with van der Waals surface area (Å²) in [4.78, 5) is 13.3. The Kier molecular flexibility index (Phi) is 3.88. The smallest absolute Gasteiger partial charge is 0.316 e. The first-order valence-corrected chi connectivity index (χ1v) is 7.25. The first kappa shape index (κ1) is 14.0. The molecule has 0 saturated carbocycles. The van der Waals surface area contributed by atoms with Crippen LogP contribution in [-0.4, -0.2) is 35.2 Å². The molecular formula is C15H20N4O2. The van der Waals surface area contributed by atoms with E-state index in [-0.39, 0.29) is 0 Å². The molecule has 2 aromatic heterocycles. The average molecular weight is 288 g/mol. The summed E-state index contributed by atoms with van der Waals surface area (Å²) in [6, 6.07) is 0.388. The second kappa shape index (κ2) is 5.81. The third-order valence-corrected chi connectivity index (χ3v) is 3.92. The number of oxazole rings is 1. The first-order valence-electron chi connectivity index (χ1n) is 7.25. The number of piperidine rings is 1. The number of hydrogen-bond donors (Lipinski definition) is 1. The Balaban J connectivity index is 2.05. The number of aromatic nitrogens is 3. The van der Waals surface area contributed by atoms with Crippen LogP contribution in [0.1, 0.15) is 35.9 Å². The van der Waals surface area contributed by atoms with Crippen molar-refractivity contribution in [2.24, 2.45) is 0 Å². The van der Waals surface area contributed by atoms with Crippen LogP contribution in [0.2, 0.25) is 0 Å². The van der Waals surface area contributed by atoms with Gasteiger partial charge in [0.05, 0.1) is 24.1 Å². The number of hydrogen-bond acceptors (Lipinski definition) is 6. The minimum atomic E-state index is 0.332. The molecule has 6 heteroatoms. The molecule has 112 valence electrons. The molecule has 0 aliphatic carbocycles. The third kappa shape index (κ3) is 2.76. The Morgan fingerprint density at radius 1 is 1.33 bits per heavy atom. The minimum Gasteiger partial charge on any atom is -0.467 e. The molecule has 1 aliphatic rings. The largest absolute Gasteiger partial charge is 0.467 e. The Morgan fingerprint density at radius 2 is 2.19 bits per heavy atom. The summed E-state index contributed by atoms with van der Waals surface area (Å²) >= 11 is 0. The van der Waals surface area contributed by atoms with Crippen LogP contribution in [0.3, 0.4) is 0 Å². The van der Waals surface area contributed by atoms with Gasteiger partial charge >= 0.3 is 6.01 Å². The zero-order chi connectivity index (χ0) is 14.8. The number of nitrogens with one attached hydrogen (secondary N) is 1. The zero-order valence-electron chi connectivity index (χ0n) is 12.6. The fourth-order valence-electron chi connectivity index (χ4n) is 2.63. The van der Waals surface area contributed by atoms with E-state index >= 15 is 0 Å². The molecule has 1 aliphatic heterocycles. The molecule has 1 N–H and O–H groups in total. The predicted molar refractivity (Wildman–Crippen MR) is 78.4 cm³/mol. The van der Waals surface area contributed by atoms with Crippen molar-refractivity contribution < 1.29 is 9.15 Å². The Bertz CT molecular complexity index is 613. The van der Waals surface area contributed by atoms with Crippen molar-refractivity contribution in [3.63, 3.8) is 0 Å². The summed E-state index contributed by atoms with van der Waals surface area (Å²) in [7, 11) is 1.58. The number of ether oxygens (including phenoxy) is 1. The van der Waals surface area contributed by atoms with Crippen LogP contribution >= 0.6 is 0 Å². The summed E-state index contributed by atoms with van der Waals surface area (Å²) in [6.45, 7) is 5.82. The fraction of sp³-hybridized carbons (Fsp3) is 0.533. The number of methoxy groups -OCH3 is 1. The third-order valence-electron chi connectivity index (χ3n) is 3.92. The molecule has 6 nitrogen and oxygen atoms in total. The maximum absolute atomic E-state index is 5.75. The summed E-state index contributed by atoms with van der Waals surface area (Å²) < 4.78 is 10.9. The van der Waals surface area contributed by atoms with E-state index in [1.165, 1.54) is 0 Å². The number of nitrogens with zero attached hydrogens (tertiary/aromatic N) is 3. The lowest BCUT2D eigenvalue weighted by Crippen LogP contribution is -2.29. The highest BCUT2D eigenvalue weighted by Gasteiger charge is 2.24. The van der Waals surface area contributed by atoms with E-state index in [1.54, 1.807) is 13.3 Å². The van der Waals surface area contributed by atoms with Crippen molar-refractivity contribution in [3.8, 4) is 17.5 Å². The van der Waals surface area contributed by atoms with Gasteiger partial charge in [0.2, 0.25) is 5.89 Å². The summed E-state index contributed by atoms with van der Waals surface area (Å²) in [5.41, 5.74) is 2.71. The fourth-order valence-corrected chi connectivity index (χ4v) is 2.63. The van der Waals surface area contributed by atoms with E-state index in [2.05, 4.69) is 20.3 Å². The molecule has 0 radical (unpaired) electrons. The molecular weight excluding hydrogens is 268 g/mol. The monoisotopic (exact) mass is 288 g/mol. The van der Waals surface area contributed by atoms with Crippen LogP contribution in [0.15, 0.2) is 10.6 Å². The molecule has 0 bridgehead atoms. The van der Waals surface area contributed by atoms with Gasteiger partial charge in [-0.1, -0.05) is 0 Å². The molecule has 1 fully saturated rings. The summed E-state index contributed by atoms with van der Waals surface area (Å²) in [6.07, 6.45) is 3.99. The van der Waals surface area contributed by atoms with Gasteiger partial charge in [0.15, 0.2) is 0 Å². The van der Waals surface area contributed by atoms with E-state index in [0.717, 1.165) is 48.6 Å². The van der Waals surface area contributed by atoms with E-state index < -0.39 is 0 Å². The predicted octanol–water partition coefficient (Wildman–Crippen LogP) is 2.22. The first-order chi connectivity index (χ1) is 10.2. The number of rotatable bonds is 3. The van der Waals surface area contributed by atoms with Gasteiger partial charge in [-0.3, -0.25) is 0 Å². The Labute approximate surface area is 124 Å². The van der Waals surface area contributed by atoms with E-state index in [0.29, 0.717) is 17.8 Å². The second-order valence-electron chi connectivity index (χ2n) is 5.36. The van der Waals surface area contributed by atoms with Gasteiger partial charge in [0.25, 0.3) is 0 Å². The summed E-state index contributed by atoms with van der Waals surface area (Å²) in [5.74, 6) is 1.75. The highest BCUT2D eigenvalue weighted by Crippen LogP contribution is 2.32. The standard InChI is InChI=1S/C15H20N4O2/c1-9-10(2)21-14(18-9)12-8-17-15(20-3)19-13(12)11-5-4-6-16-7-11/h8,11,16H,4-7H2,1-3H3/t11-/m1/s1. The van der Waals surface area contributed by atoms with Crippen molar-refractivity contribution in [2.45, 2.75) is 32.6 Å². The molecule has 0 unspecified atom stereocenters. The minimum absolute atomic E-state index is 0.332. The second-order valence-corrected chi connectivity index (χ2v) is 5.36. The zero-order valence-corrected chi connectivity index (χ0v) is 12.6. The van der Waals surface area contributed by atoms with Crippen molar-refractivity contribution in [3.05, 3.63) is 23.3 Å². The molecule has 1 saturated heterocycles. The van der Waals surface area contributed by atoms with Crippen molar-refractivity contribution in [1.82, 2.24) is 20.3 Å². The highest BCUT2D eigenvalue weighted by atomic mass is 16.5. The van der Waals surface area contributed by atoms with E-state index in [4.69, 9.17) is 9.15 Å². The number of aryl methyl sites for hydroxylation is 2. The molecule has 3 rings (SSSR count). The quantitative estimate of drug-likeness (QED) is 0.933. The maximum Gasteiger partial charge on any atom is 0.316 e. The van der Waals surface area contributed by atoms with Crippen molar-refractivity contribution >= 4 is 0 Å². The van der Waals surface area contributed by atoms with Gasteiger partial charge < -0.3 is 14.5 Å². The topological polar surface area (TPSA) is 73.1 Å². The van der Waals surface area contributed by atoms with Crippen LogP contribution in [0.4, 0.5) is 0 Å². The Morgan fingerprint density at radius 3 is 2.81 bits per heavy atom. The van der Waals surface area contributed by atoms with Crippen LogP contribution in [0, 0.1) is 13.8 Å². The SMILES string of the molecule is COc1ncc(-c2nc(C)c(C)o2)c([C@@H]2CCCNC2)n1. The van der Waals surface area contributed by atoms with Gasteiger partial charge in [-0.15, -0.1) is 0 Å². The molecule has 0 aromatic carbocycles. The highest BCUT2D eigenvalue weighted by molar-refractivity contribution is 5.57. The normalized spacial score (nSPS) is 18.7. The molecule has 3 heterocycles. The van der Waals surface area contributed by atoms with Gasteiger partial charge in [-0.25, -0.2) is 9.97 Å². The van der Waals surface area contributed by atoms with Crippen LogP contribution in [0.5, 0.6) is 6.01 Å². The lowest BCUT2D eigenvalue weighted by Gasteiger charge is -2.23. The van der Waals surface area contributed by atoms with Crippen molar-refractivity contribution in [2.75, 3.05) is 20.2 Å². The van der Waals surface area contributed by atoms with Crippen LogP contribution in [-0.2, 0) is 0 Å². The lowest BCUT2D eigenvalue weighted by molar-refractivity contribution is 0.372. The molecule has 1 atom stereocenters. The van der Waals surface area contributed by atoms with E-state index in [1.807, 2.05) is 13.8 Å². The van der Waals surface area contributed by atoms with Gasteiger partial charge in [-0.2, -0.15) is 4.98 Å². The lowest BCUT2D eigenvalue weighted by atomic mass is 9.93. The van der Waals surface area contributed by atoms with Crippen LogP contribution < -0.4 is 10.1 Å². The van der Waals surface area contributed by atoms with Gasteiger partial charge in [-0.05, 0) is 33.2 Å².